The van der Waals surface area contributed by atoms with Crippen LogP contribution in [0.25, 0.3) is 0 Å². The Bertz CT molecular complexity index is 496. The Morgan fingerprint density at radius 3 is 2.58 bits per heavy atom. The first-order valence-electron chi connectivity index (χ1n) is 5.27. The predicted octanol–water partition coefficient (Wildman–Crippen LogP) is 1.72. The topological polar surface area (TPSA) is 66.4 Å². The summed E-state index contributed by atoms with van der Waals surface area (Å²) < 4.78 is 6.76. The van der Waals surface area contributed by atoms with E-state index >= 15 is 0 Å². The van der Waals surface area contributed by atoms with Gasteiger partial charge < -0.3 is 14.6 Å². The number of ether oxygens (including phenoxy) is 1. The van der Waals surface area contributed by atoms with Gasteiger partial charge in [-0.1, -0.05) is 15.9 Å². The Kier molecular flexibility index (Phi) is 7.37. The Hall–Kier alpha value is -0.0851. The van der Waals surface area contributed by atoms with Crippen LogP contribution in [-0.2, 0) is 9.59 Å². The molecule has 1 aromatic rings. The van der Waals surface area contributed by atoms with E-state index in [1.54, 1.807) is 11.2 Å². The summed E-state index contributed by atoms with van der Waals surface area (Å²) in [6, 6.07) is 3.59. The van der Waals surface area contributed by atoms with Gasteiger partial charge in [-0.15, -0.1) is 0 Å². The van der Waals surface area contributed by atoms with Crippen LogP contribution >= 0.6 is 54.2 Å². The fraction of sp³-hybridized carbons (Fsp3) is 0.273. The normalized spacial score (nSPS) is 10.1. The highest BCUT2D eigenvalue weighted by molar-refractivity contribution is 14.1. The number of benzene rings is 1. The van der Waals surface area contributed by atoms with E-state index < -0.39 is 11.9 Å². The molecular formula is C11H8BBr2IO4-. The zero-order valence-corrected chi connectivity index (χ0v) is 14.9. The van der Waals surface area contributed by atoms with Crippen molar-refractivity contribution in [3.05, 3.63) is 21.1 Å². The highest BCUT2D eigenvalue weighted by Gasteiger charge is 2.14. The third kappa shape index (κ3) is 5.82. The lowest BCUT2D eigenvalue weighted by molar-refractivity contribution is -0.305. The zero-order valence-electron chi connectivity index (χ0n) is 9.62. The summed E-state index contributed by atoms with van der Waals surface area (Å²) in [6.07, 6.45) is 0.0949. The van der Waals surface area contributed by atoms with E-state index in [-0.39, 0.29) is 19.3 Å². The summed E-state index contributed by atoms with van der Waals surface area (Å²) in [5.74, 6) is -1.21. The number of carbonyl (C=O) groups is 2. The van der Waals surface area contributed by atoms with Crippen molar-refractivity contribution in [2.24, 2.45) is 0 Å². The van der Waals surface area contributed by atoms with Crippen LogP contribution in [0.15, 0.2) is 21.1 Å². The number of hydrogen-bond acceptors (Lipinski definition) is 4. The molecule has 0 aliphatic rings. The van der Waals surface area contributed by atoms with E-state index in [2.05, 4.69) is 54.2 Å². The van der Waals surface area contributed by atoms with Crippen LogP contribution in [0, 0.1) is 0 Å². The summed E-state index contributed by atoms with van der Waals surface area (Å²) in [4.78, 5) is 21.9. The van der Waals surface area contributed by atoms with Crippen LogP contribution in [0.1, 0.15) is 19.3 Å². The summed E-state index contributed by atoms with van der Waals surface area (Å²) in [5, 5.41) is 12.0. The van der Waals surface area contributed by atoms with Gasteiger partial charge in [0.2, 0.25) is 5.14 Å². The van der Waals surface area contributed by atoms with E-state index in [0.29, 0.717) is 10.2 Å². The average Bonchev–Trinajstić information content (AvgIpc) is 2.31. The van der Waals surface area contributed by atoms with Crippen LogP contribution < -0.4 is 15.3 Å². The molecule has 8 heteroatoms. The fourth-order valence-corrected chi connectivity index (χ4v) is 3.11. The monoisotopic (exact) mass is 500 g/mol. The smallest absolute Gasteiger partial charge is 0.311 e. The summed E-state index contributed by atoms with van der Waals surface area (Å²) in [6.45, 7) is 0. The van der Waals surface area contributed by atoms with E-state index in [1.807, 2.05) is 6.07 Å². The van der Waals surface area contributed by atoms with Gasteiger partial charge in [0.15, 0.2) is 0 Å². The first-order chi connectivity index (χ1) is 8.93. The van der Waals surface area contributed by atoms with Crippen molar-refractivity contribution in [2.75, 3.05) is 0 Å². The highest BCUT2D eigenvalue weighted by Crippen LogP contribution is 2.27. The standard InChI is InChI=1S/C11H9BBr2IO4/c13-6-4-7(12-15)11(8(14)5-6)19-10(18)3-1-2-9(16)17/h4-5H,1-3H2,(H,16,17)/p-1. The second-order valence-electron chi connectivity index (χ2n) is 3.61. The molecule has 0 unspecified atom stereocenters. The average molecular weight is 502 g/mol. The molecule has 0 heterocycles. The lowest BCUT2D eigenvalue weighted by Crippen LogP contribution is -2.22. The zero-order chi connectivity index (χ0) is 14.4. The minimum absolute atomic E-state index is 0.0389. The number of carboxylic acid groups (broad SMARTS) is 1. The van der Waals surface area contributed by atoms with Gasteiger partial charge >= 0.3 is 5.97 Å². The minimum Gasteiger partial charge on any atom is -0.550 e. The molecule has 0 amide bonds. The van der Waals surface area contributed by atoms with Crippen molar-refractivity contribution in [3.63, 3.8) is 0 Å². The molecular weight excluding hydrogens is 494 g/mol. The summed E-state index contributed by atoms with van der Waals surface area (Å²) >= 11 is 8.72. The quantitative estimate of drug-likeness (QED) is 0.258. The maximum atomic E-state index is 11.6. The largest absolute Gasteiger partial charge is 0.550 e. The van der Waals surface area contributed by atoms with Gasteiger partial charge in [0.1, 0.15) is 5.75 Å². The fourth-order valence-electron chi connectivity index (χ4n) is 1.31. The molecule has 4 nitrogen and oxygen atoms in total. The first kappa shape index (κ1) is 17.0. The van der Waals surface area contributed by atoms with Crippen molar-refractivity contribution in [1.82, 2.24) is 0 Å². The maximum absolute atomic E-state index is 11.6. The molecule has 101 valence electrons. The van der Waals surface area contributed by atoms with Crippen molar-refractivity contribution in [2.45, 2.75) is 19.3 Å². The third-order valence-corrected chi connectivity index (χ3v) is 3.85. The van der Waals surface area contributed by atoms with E-state index in [1.165, 1.54) is 0 Å². The van der Waals surface area contributed by atoms with Crippen LogP contribution in [-0.4, -0.2) is 17.1 Å². The molecule has 0 aliphatic carbocycles. The summed E-state index contributed by atoms with van der Waals surface area (Å²) in [5.41, 5.74) is 0.759. The van der Waals surface area contributed by atoms with Crippen molar-refractivity contribution in [1.29, 1.82) is 0 Å². The van der Waals surface area contributed by atoms with Crippen LogP contribution in [0.4, 0.5) is 0 Å². The Morgan fingerprint density at radius 1 is 1.32 bits per heavy atom. The molecule has 0 atom stereocenters. The number of esters is 1. The third-order valence-electron chi connectivity index (χ3n) is 2.13. The van der Waals surface area contributed by atoms with Gasteiger partial charge in [-0.2, -0.15) is 22.4 Å². The number of aliphatic carboxylic acids is 1. The molecule has 0 aromatic heterocycles. The SMILES string of the molecule is O=C([O-])CCCC(=O)Oc1c(Br)cc(Br)cc1[B]I. The molecule has 0 saturated heterocycles. The van der Waals surface area contributed by atoms with Gasteiger partial charge in [-0.05, 0) is 46.4 Å². The van der Waals surface area contributed by atoms with Gasteiger partial charge in [-0.25, -0.2) is 0 Å². The minimum atomic E-state index is -1.17. The maximum Gasteiger partial charge on any atom is 0.311 e. The lowest BCUT2D eigenvalue weighted by Gasteiger charge is -2.11. The van der Waals surface area contributed by atoms with Crippen LogP contribution in [0.3, 0.4) is 0 Å². The van der Waals surface area contributed by atoms with E-state index in [9.17, 15) is 14.7 Å². The van der Waals surface area contributed by atoms with Gasteiger partial charge in [0.05, 0.1) is 4.47 Å². The molecule has 0 aliphatic heterocycles. The van der Waals surface area contributed by atoms with E-state index in [0.717, 1.165) is 9.94 Å². The second kappa shape index (κ2) is 8.26. The molecule has 0 bridgehead atoms. The molecule has 1 rings (SSSR count). The molecule has 0 saturated carbocycles. The molecule has 0 fully saturated rings. The number of carbonyl (C=O) groups excluding carboxylic acids is 2. The van der Waals surface area contributed by atoms with Gasteiger partial charge in [0, 0.05) is 16.9 Å². The highest BCUT2D eigenvalue weighted by atomic mass is 127. The summed E-state index contributed by atoms with van der Waals surface area (Å²) in [7, 11) is 0. The van der Waals surface area contributed by atoms with Crippen molar-refractivity contribution < 1.29 is 19.4 Å². The van der Waals surface area contributed by atoms with Gasteiger partial charge in [0.25, 0.3) is 0 Å². The van der Waals surface area contributed by atoms with Crippen molar-refractivity contribution in [3.8, 4) is 5.75 Å². The molecule has 1 radical (unpaired) electrons. The number of halogens is 3. The Morgan fingerprint density at radius 2 is 2.00 bits per heavy atom. The Labute approximate surface area is 141 Å². The first-order valence-corrected chi connectivity index (χ1v) is 8.10. The molecule has 19 heavy (non-hydrogen) atoms. The Balaban J connectivity index is 2.71. The molecule has 0 spiro atoms. The van der Waals surface area contributed by atoms with Crippen LogP contribution in [0.2, 0.25) is 0 Å². The number of carboxylic acids is 1. The van der Waals surface area contributed by atoms with Gasteiger partial charge in [-0.3, -0.25) is 4.79 Å². The lowest BCUT2D eigenvalue weighted by atomic mass is 9.95. The van der Waals surface area contributed by atoms with E-state index in [4.69, 9.17) is 4.74 Å². The van der Waals surface area contributed by atoms with Crippen LogP contribution in [0.5, 0.6) is 5.75 Å². The number of rotatable bonds is 6. The second-order valence-corrected chi connectivity index (χ2v) is 6.01. The molecule has 0 N–H and O–H groups in total. The molecule has 1 aromatic carbocycles. The predicted molar refractivity (Wildman–Crippen MR) is 85.7 cm³/mol. The number of hydrogen-bond donors (Lipinski definition) is 0. The van der Waals surface area contributed by atoms with Crippen molar-refractivity contribution >= 4 is 76.8 Å².